The van der Waals surface area contributed by atoms with E-state index in [2.05, 4.69) is 9.71 Å². The summed E-state index contributed by atoms with van der Waals surface area (Å²) in [4.78, 5) is 14.0. The lowest BCUT2D eigenvalue weighted by molar-refractivity contribution is 0.116. The highest BCUT2D eigenvalue weighted by Crippen LogP contribution is 2.29. The quantitative estimate of drug-likeness (QED) is 0.815. The minimum Gasteiger partial charge on any atom is -0.491 e. The molecule has 0 saturated carbocycles. The van der Waals surface area contributed by atoms with Gasteiger partial charge in [-0.25, -0.2) is 13.2 Å². The lowest BCUT2D eigenvalue weighted by Crippen LogP contribution is -2.50. The van der Waals surface area contributed by atoms with Crippen LogP contribution in [0.25, 0.3) is 0 Å². The van der Waals surface area contributed by atoms with Crippen molar-refractivity contribution in [2.45, 2.75) is 38.0 Å². The van der Waals surface area contributed by atoms with E-state index in [0.717, 1.165) is 19.3 Å². The number of fused-ring (bicyclic) bond motifs is 1. The summed E-state index contributed by atoms with van der Waals surface area (Å²) in [5.41, 5.74) is 6.98. The van der Waals surface area contributed by atoms with E-state index in [1.54, 1.807) is 18.2 Å². The van der Waals surface area contributed by atoms with Gasteiger partial charge >= 0.3 is 6.03 Å². The molecule has 3 N–H and O–H groups in total. The molecule has 0 radical (unpaired) electrons. The Kier molecular flexibility index (Phi) is 5.36. The molecule has 2 aliphatic rings. The Morgan fingerprint density at radius 3 is 3.00 bits per heavy atom. The molecule has 9 heteroatoms. The summed E-state index contributed by atoms with van der Waals surface area (Å²) < 4.78 is 33.1. The maximum absolute atomic E-state index is 12.2. The van der Waals surface area contributed by atoms with Crippen LogP contribution in [0, 0.1) is 0 Å². The molecule has 1 fully saturated rings. The Morgan fingerprint density at radius 1 is 1.42 bits per heavy atom. The first-order chi connectivity index (χ1) is 12.4. The van der Waals surface area contributed by atoms with Gasteiger partial charge in [-0.15, -0.1) is 4.40 Å². The standard InChI is InChI=1S/C17H24N4O4S/c1-2-19-17(22)21-9-4-3-7-13(21)10-25-14-8-5-6-12-11-26(23,24)20-16(18)15(12)14/h5-6,8,13H,2-4,7,9-11H2,1H3,(H2,18,20)(H,19,22). The summed E-state index contributed by atoms with van der Waals surface area (Å²) in [6, 6.07) is 5.09. The molecule has 3 rings (SSSR count). The van der Waals surface area contributed by atoms with Crippen molar-refractivity contribution >= 4 is 21.9 Å². The van der Waals surface area contributed by atoms with Crippen molar-refractivity contribution in [1.29, 1.82) is 0 Å². The van der Waals surface area contributed by atoms with Crippen molar-refractivity contribution in [2.75, 3.05) is 19.7 Å². The van der Waals surface area contributed by atoms with Crippen LogP contribution >= 0.6 is 0 Å². The number of nitrogens with two attached hydrogens (primary N) is 1. The monoisotopic (exact) mass is 380 g/mol. The largest absolute Gasteiger partial charge is 0.491 e. The number of nitrogens with zero attached hydrogens (tertiary/aromatic N) is 2. The van der Waals surface area contributed by atoms with Crippen LogP contribution in [0.15, 0.2) is 22.6 Å². The molecule has 26 heavy (non-hydrogen) atoms. The summed E-state index contributed by atoms with van der Waals surface area (Å²) in [5.74, 6) is 0.264. The van der Waals surface area contributed by atoms with E-state index in [1.165, 1.54) is 0 Å². The van der Waals surface area contributed by atoms with Crippen LogP contribution in [0.1, 0.15) is 37.3 Å². The van der Waals surface area contributed by atoms with Crippen molar-refractivity contribution in [3.63, 3.8) is 0 Å². The van der Waals surface area contributed by atoms with Gasteiger partial charge < -0.3 is 20.7 Å². The van der Waals surface area contributed by atoms with E-state index in [-0.39, 0.29) is 23.7 Å². The molecule has 1 atom stereocenters. The number of hydrogen-bond donors (Lipinski definition) is 2. The van der Waals surface area contributed by atoms with E-state index in [9.17, 15) is 13.2 Å². The Bertz CT molecular complexity index is 822. The predicted molar refractivity (Wildman–Crippen MR) is 98.7 cm³/mol. The smallest absolute Gasteiger partial charge is 0.317 e. The number of nitrogens with one attached hydrogen (secondary N) is 1. The maximum atomic E-state index is 12.2. The van der Waals surface area contributed by atoms with Gasteiger partial charge in [0.15, 0.2) is 0 Å². The van der Waals surface area contributed by atoms with Crippen LogP contribution in [-0.2, 0) is 15.8 Å². The number of benzene rings is 1. The Hall–Kier alpha value is -2.29. The first-order valence-corrected chi connectivity index (χ1v) is 10.4. The molecule has 2 heterocycles. The lowest BCUT2D eigenvalue weighted by Gasteiger charge is -2.35. The fourth-order valence-electron chi connectivity index (χ4n) is 3.41. The van der Waals surface area contributed by atoms with Gasteiger partial charge in [-0.1, -0.05) is 12.1 Å². The second-order valence-electron chi connectivity index (χ2n) is 6.48. The van der Waals surface area contributed by atoms with Gasteiger partial charge in [-0.2, -0.15) is 0 Å². The van der Waals surface area contributed by atoms with Crippen LogP contribution in [0.4, 0.5) is 4.79 Å². The van der Waals surface area contributed by atoms with E-state index in [0.29, 0.717) is 36.6 Å². The van der Waals surface area contributed by atoms with Gasteiger partial charge in [-0.05, 0) is 37.8 Å². The fraction of sp³-hybridized carbons (Fsp3) is 0.529. The van der Waals surface area contributed by atoms with Gasteiger partial charge in [0.1, 0.15) is 18.2 Å². The molecule has 2 amide bonds. The summed E-state index contributed by atoms with van der Waals surface area (Å²) in [7, 11) is -3.58. The molecule has 1 saturated heterocycles. The van der Waals surface area contributed by atoms with Crippen LogP contribution < -0.4 is 15.8 Å². The number of ether oxygens (including phenoxy) is 1. The predicted octanol–water partition coefficient (Wildman–Crippen LogP) is 1.20. The van der Waals surface area contributed by atoms with Crippen molar-refractivity contribution < 1.29 is 17.9 Å². The Labute approximate surface area is 153 Å². The maximum Gasteiger partial charge on any atom is 0.317 e. The van der Waals surface area contributed by atoms with Crippen LogP contribution in [-0.4, -0.2) is 50.9 Å². The van der Waals surface area contributed by atoms with Crippen LogP contribution in [0.3, 0.4) is 0 Å². The third-order valence-corrected chi connectivity index (χ3v) is 5.74. The zero-order valence-electron chi connectivity index (χ0n) is 14.8. The molecule has 0 aromatic heterocycles. The van der Waals surface area contributed by atoms with E-state index in [1.807, 2.05) is 11.8 Å². The fourth-order valence-corrected chi connectivity index (χ4v) is 4.50. The van der Waals surface area contributed by atoms with Gasteiger partial charge in [0.05, 0.1) is 17.4 Å². The molecular formula is C17H24N4O4S. The molecule has 8 nitrogen and oxygen atoms in total. The van der Waals surface area contributed by atoms with Crippen LogP contribution in [0.2, 0.25) is 0 Å². The van der Waals surface area contributed by atoms with Crippen molar-refractivity contribution in [3.8, 4) is 5.75 Å². The third-order valence-electron chi connectivity index (χ3n) is 4.59. The number of piperidine rings is 1. The number of carbonyl (C=O) groups excluding carboxylic acids is 1. The summed E-state index contributed by atoms with van der Waals surface area (Å²) in [6.07, 6.45) is 2.88. The molecule has 2 aliphatic heterocycles. The molecule has 1 aromatic carbocycles. The first-order valence-electron chi connectivity index (χ1n) is 8.79. The molecule has 0 bridgehead atoms. The number of hydrogen-bond acceptors (Lipinski definition) is 5. The van der Waals surface area contributed by atoms with Crippen molar-refractivity contribution in [3.05, 3.63) is 29.3 Å². The molecule has 1 unspecified atom stereocenters. The molecule has 0 aliphatic carbocycles. The van der Waals surface area contributed by atoms with Gasteiger partial charge in [0, 0.05) is 13.1 Å². The van der Waals surface area contributed by atoms with Gasteiger partial charge in [0.25, 0.3) is 10.0 Å². The first kappa shape index (κ1) is 18.5. The third kappa shape index (κ3) is 3.92. The average Bonchev–Trinajstić information content (AvgIpc) is 2.59. The number of rotatable bonds is 4. The van der Waals surface area contributed by atoms with Gasteiger partial charge in [-0.3, -0.25) is 0 Å². The van der Waals surface area contributed by atoms with Gasteiger partial charge in [0.2, 0.25) is 0 Å². The van der Waals surface area contributed by atoms with Crippen molar-refractivity contribution in [2.24, 2.45) is 10.1 Å². The SMILES string of the molecule is CCNC(=O)N1CCCCC1COc1cccc2c1C(N)=NS(=O)(=O)C2. The summed E-state index contributed by atoms with van der Waals surface area (Å²) in [5, 5.41) is 2.84. The Balaban J connectivity index is 1.77. The number of amides is 2. The number of carbonyl (C=O) groups is 1. The highest BCUT2D eigenvalue weighted by atomic mass is 32.2. The number of sulfonamides is 1. The zero-order valence-corrected chi connectivity index (χ0v) is 15.6. The van der Waals surface area contributed by atoms with Crippen molar-refractivity contribution in [1.82, 2.24) is 10.2 Å². The number of urea groups is 1. The minimum absolute atomic E-state index is 0.0309. The second-order valence-corrected chi connectivity index (χ2v) is 8.12. The Morgan fingerprint density at radius 2 is 2.23 bits per heavy atom. The topological polar surface area (TPSA) is 114 Å². The number of likely N-dealkylation sites (tertiary alicyclic amines) is 1. The second kappa shape index (κ2) is 7.53. The number of amidine groups is 1. The average molecular weight is 380 g/mol. The summed E-state index contributed by atoms with van der Waals surface area (Å²) in [6.45, 7) is 3.50. The van der Waals surface area contributed by atoms with E-state index in [4.69, 9.17) is 10.5 Å². The van der Waals surface area contributed by atoms with Crippen LogP contribution in [0.5, 0.6) is 5.75 Å². The highest BCUT2D eigenvalue weighted by molar-refractivity contribution is 7.89. The minimum atomic E-state index is -3.58. The molecule has 1 aromatic rings. The molecule has 0 spiro atoms. The normalized spacial score (nSPS) is 21.5. The molecule has 142 valence electrons. The lowest BCUT2D eigenvalue weighted by atomic mass is 10.0. The zero-order chi connectivity index (χ0) is 18.7. The van der Waals surface area contributed by atoms with E-state index >= 15 is 0 Å². The van der Waals surface area contributed by atoms with E-state index < -0.39 is 10.0 Å². The molecular weight excluding hydrogens is 356 g/mol. The summed E-state index contributed by atoms with van der Waals surface area (Å²) >= 11 is 0. The highest BCUT2D eigenvalue weighted by Gasteiger charge is 2.29.